The molecule has 1 aromatic heterocycles. The van der Waals surface area contributed by atoms with Crippen LogP contribution in [0.15, 0.2) is 70.7 Å². The fraction of sp³-hybridized carbons (Fsp3) is 0.240. The lowest BCUT2D eigenvalue weighted by molar-refractivity contribution is 0.0953. The van der Waals surface area contributed by atoms with Crippen molar-refractivity contribution in [2.45, 2.75) is 19.9 Å². The molecule has 0 radical (unpaired) electrons. The molecular formula is C25H27N3O5. The molecule has 0 saturated carbocycles. The van der Waals surface area contributed by atoms with Gasteiger partial charge < -0.3 is 18.8 Å². The Hall–Kier alpha value is -4.07. The van der Waals surface area contributed by atoms with E-state index in [0.717, 1.165) is 17.7 Å². The first-order valence-electron chi connectivity index (χ1n) is 10.5. The quantitative estimate of drug-likeness (QED) is 0.378. The van der Waals surface area contributed by atoms with E-state index in [1.54, 1.807) is 44.7 Å². The zero-order chi connectivity index (χ0) is 23.6. The Labute approximate surface area is 192 Å². The van der Waals surface area contributed by atoms with Crippen LogP contribution >= 0.6 is 0 Å². The lowest BCUT2D eigenvalue weighted by Crippen LogP contribution is -2.30. The van der Waals surface area contributed by atoms with Crippen molar-refractivity contribution in [3.63, 3.8) is 0 Å². The molecule has 172 valence electrons. The van der Waals surface area contributed by atoms with Crippen molar-refractivity contribution in [1.82, 2.24) is 9.99 Å². The number of rotatable bonds is 10. The van der Waals surface area contributed by atoms with E-state index in [1.807, 2.05) is 31.2 Å². The largest absolute Gasteiger partial charge is 0.497 e. The number of hydrogen-bond acceptors (Lipinski definition) is 6. The number of pyridine rings is 1. The standard InChI is InChI=1S/C25H27N3O5/c1-4-14-33-23-15-19(9-12-22(23)32-3)16-26-27-24(29)21-6-5-13-28(25(21)30)17-18-7-10-20(31-2)11-8-18/h5-13,15-16H,4,14,17H2,1-3H3,(H,27,29)/b26-16-. The van der Waals surface area contributed by atoms with Gasteiger partial charge in [0.25, 0.3) is 11.5 Å². The number of carbonyl (C=O) groups excluding carboxylic acids is 1. The van der Waals surface area contributed by atoms with Gasteiger partial charge in [-0.25, -0.2) is 5.43 Å². The Morgan fingerprint density at radius 2 is 1.85 bits per heavy atom. The predicted octanol–water partition coefficient (Wildman–Crippen LogP) is 3.47. The van der Waals surface area contributed by atoms with Crippen molar-refractivity contribution in [2.24, 2.45) is 5.10 Å². The Bertz CT molecular complexity index is 1170. The first-order valence-corrected chi connectivity index (χ1v) is 10.5. The number of aromatic nitrogens is 1. The summed E-state index contributed by atoms with van der Waals surface area (Å²) in [6, 6.07) is 15.8. The van der Waals surface area contributed by atoms with Crippen molar-refractivity contribution >= 4 is 12.1 Å². The molecule has 0 spiro atoms. The molecule has 0 fully saturated rings. The molecule has 1 amide bonds. The second-order valence-electron chi connectivity index (χ2n) is 7.16. The van der Waals surface area contributed by atoms with E-state index in [9.17, 15) is 9.59 Å². The minimum Gasteiger partial charge on any atom is -0.497 e. The molecule has 2 aromatic carbocycles. The molecule has 33 heavy (non-hydrogen) atoms. The summed E-state index contributed by atoms with van der Waals surface area (Å²) < 4.78 is 17.6. The molecule has 1 heterocycles. The third-order valence-corrected chi connectivity index (χ3v) is 4.81. The van der Waals surface area contributed by atoms with Crippen LogP contribution in [-0.4, -0.2) is 37.5 Å². The number of benzene rings is 2. The Morgan fingerprint density at radius 1 is 1.06 bits per heavy atom. The average molecular weight is 450 g/mol. The van der Waals surface area contributed by atoms with E-state index >= 15 is 0 Å². The zero-order valence-corrected chi connectivity index (χ0v) is 18.9. The molecule has 8 heteroatoms. The monoisotopic (exact) mass is 449 g/mol. The minimum absolute atomic E-state index is 0.00450. The van der Waals surface area contributed by atoms with Crippen LogP contribution in [0.5, 0.6) is 17.2 Å². The van der Waals surface area contributed by atoms with Crippen molar-refractivity contribution in [3.05, 3.63) is 87.8 Å². The minimum atomic E-state index is -0.587. The number of carbonyl (C=O) groups is 1. The van der Waals surface area contributed by atoms with Gasteiger partial charge in [0.2, 0.25) is 0 Å². The number of nitrogens with one attached hydrogen (secondary N) is 1. The van der Waals surface area contributed by atoms with E-state index in [2.05, 4.69) is 10.5 Å². The van der Waals surface area contributed by atoms with Gasteiger partial charge >= 0.3 is 0 Å². The molecule has 0 atom stereocenters. The van der Waals surface area contributed by atoms with Crippen LogP contribution in [-0.2, 0) is 6.54 Å². The molecule has 0 bridgehead atoms. The normalized spacial score (nSPS) is 10.8. The summed E-state index contributed by atoms with van der Waals surface area (Å²) in [4.78, 5) is 25.3. The molecule has 0 aliphatic carbocycles. The number of methoxy groups -OCH3 is 2. The van der Waals surface area contributed by atoms with Gasteiger partial charge in [-0.1, -0.05) is 19.1 Å². The summed E-state index contributed by atoms with van der Waals surface area (Å²) in [5, 5.41) is 3.99. The molecule has 0 saturated heterocycles. The topological polar surface area (TPSA) is 91.1 Å². The maximum absolute atomic E-state index is 12.8. The van der Waals surface area contributed by atoms with Crippen molar-refractivity contribution in [2.75, 3.05) is 20.8 Å². The molecule has 1 N–H and O–H groups in total. The third kappa shape index (κ3) is 6.22. The SMILES string of the molecule is CCCOc1cc(/C=N\NC(=O)c2cccn(Cc3ccc(OC)cc3)c2=O)ccc1OC. The van der Waals surface area contributed by atoms with Crippen LogP contribution in [0, 0.1) is 0 Å². The molecular weight excluding hydrogens is 422 g/mol. The Kier molecular flexibility index (Phi) is 8.24. The Balaban J connectivity index is 1.69. The number of hydrazone groups is 1. The van der Waals surface area contributed by atoms with E-state index in [0.29, 0.717) is 30.2 Å². The third-order valence-electron chi connectivity index (χ3n) is 4.81. The zero-order valence-electron chi connectivity index (χ0n) is 18.9. The van der Waals surface area contributed by atoms with Gasteiger partial charge in [-0.2, -0.15) is 5.10 Å². The van der Waals surface area contributed by atoms with Crippen LogP contribution in [0.25, 0.3) is 0 Å². The first kappa shape index (κ1) is 23.6. The maximum Gasteiger partial charge on any atom is 0.276 e. The predicted molar refractivity (Wildman–Crippen MR) is 127 cm³/mol. The summed E-state index contributed by atoms with van der Waals surface area (Å²) in [6.45, 7) is 2.91. The van der Waals surface area contributed by atoms with Gasteiger partial charge in [-0.05, 0) is 60.0 Å². The van der Waals surface area contributed by atoms with Gasteiger partial charge in [-0.3, -0.25) is 9.59 Å². The van der Waals surface area contributed by atoms with E-state index < -0.39 is 11.5 Å². The highest BCUT2D eigenvalue weighted by Gasteiger charge is 2.12. The molecule has 0 aliphatic rings. The number of nitrogens with zero attached hydrogens (tertiary/aromatic N) is 2. The summed E-state index contributed by atoms with van der Waals surface area (Å²) in [7, 11) is 3.17. The summed E-state index contributed by atoms with van der Waals surface area (Å²) in [5.41, 5.74) is 3.64. The highest BCUT2D eigenvalue weighted by atomic mass is 16.5. The molecule has 0 aliphatic heterocycles. The van der Waals surface area contributed by atoms with Crippen LogP contribution in [0.2, 0.25) is 0 Å². The van der Waals surface area contributed by atoms with E-state index in [4.69, 9.17) is 14.2 Å². The summed E-state index contributed by atoms with van der Waals surface area (Å²) in [5.74, 6) is 1.36. The summed E-state index contributed by atoms with van der Waals surface area (Å²) >= 11 is 0. The second-order valence-corrected chi connectivity index (χ2v) is 7.16. The van der Waals surface area contributed by atoms with E-state index in [-0.39, 0.29) is 5.56 Å². The van der Waals surface area contributed by atoms with Crippen LogP contribution in [0.1, 0.15) is 34.8 Å². The summed E-state index contributed by atoms with van der Waals surface area (Å²) in [6.07, 6.45) is 3.99. The lowest BCUT2D eigenvalue weighted by Gasteiger charge is -2.10. The van der Waals surface area contributed by atoms with Gasteiger partial charge in [0.05, 0.1) is 33.6 Å². The van der Waals surface area contributed by atoms with Crippen LogP contribution in [0.4, 0.5) is 0 Å². The van der Waals surface area contributed by atoms with Crippen LogP contribution in [0.3, 0.4) is 0 Å². The fourth-order valence-corrected chi connectivity index (χ4v) is 3.09. The average Bonchev–Trinajstić information content (AvgIpc) is 2.84. The van der Waals surface area contributed by atoms with E-state index in [1.165, 1.54) is 16.8 Å². The second kappa shape index (κ2) is 11.5. The number of hydrogen-bond donors (Lipinski definition) is 1. The van der Waals surface area contributed by atoms with Crippen molar-refractivity contribution in [3.8, 4) is 17.2 Å². The molecule has 3 aromatic rings. The number of ether oxygens (including phenoxy) is 3. The molecule has 3 rings (SSSR count). The van der Waals surface area contributed by atoms with Crippen molar-refractivity contribution < 1.29 is 19.0 Å². The highest BCUT2D eigenvalue weighted by molar-refractivity contribution is 5.94. The lowest BCUT2D eigenvalue weighted by atomic mass is 10.2. The van der Waals surface area contributed by atoms with Gasteiger partial charge in [-0.15, -0.1) is 0 Å². The van der Waals surface area contributed by atoms with Crippen molar-refractivity contribution in [1.29, 1.82) is 0 Å². The van der Waals surface area contributed by atoms with Gasteiger partial charge in [0, 0.05) is 6.20 Å². The smallest absolute Gasteiger partial charge is 0.276 e. The molecule has 8 nitrogen and oxygen atoms in total. The first-order chi connectivity index (χ1) is 16.0. The van der Waals surface area contributed by atoms with Gasteiger partial charge in [0.15, 0.2) is 11.5 Å². The molecule has 0 unspecified atom stereocenters. The fourth-order valence-electron chi connectivity index (χ4n) is 3.09. The maximum atomic E-state index is 12.8. The number of amides is 1. The highest BCUT2D eigenvalue weighted by Crippen LogP contribution is 2.27. The van der Waals surface area contributed by atoms with Gasteiger partial charge in [0.1, 0.15) is 11.3 Å². The Morgan fingerprint density at radius 3 is 2.55 bits per heavy atom. The van der Waals surface area contributed by atoms with Crippen LogP contribution < -0.4 is 25.2 Å².